The van der Waals surface area contributed by atoms with Crippen molar-refractivity contribution in [3.63, 3.8) is 0 Å². The van der Waals surface area contributed by atoms with Gasteiger partial charge in [0, 0.05) is 12.8 Å². The van der Waals surface area contributed by atoms with E-state index in [4.69, 9.17) is 4.74 Å². The van der Waals surface area contributed by atoms with E-state index in [-0.39, 0.29) is 0 Å². The molecule has 0 bridgehead atoms. The van der Waals surface area contributed by atoms with E-state index in [0.29, 0.717) is 31.8 Å². The van der Waals surface area contributed by atoms with Gasteiger partial charge in [-0.25, -0.2) is 0 Å². The molecule has 0 aromatic heterocycles. The Labute approximate surface area is 79.7 Å². The van der Waals surface area contributed by atoms with Gasteiger partial charge in [-0.05, 0) is 19.3 Å². The lowest BCUT2D eigenvalue weighted by Gasteiger charge is -2.41. The Morgan fingerprint density at radius 3 is 2.46 bits per heavy atom. The van der Waals surface area contributed by atoms with Crippen LogP contribution in [0.25, 0.3) is 0 Å². The molecule has 3 heteroatoms. The third-order valence-corrected chi connectivity index (χ3v) is 2.40. The Balaban J connectivity index is 2.58. The van der Waals surface area contributed by atoms with Crippen molar-refractivity contribution in [1.29, 1.82) is 0 Å². The molecule has 0 spiro atoms. The van der Waals surface area contributed by atoms with Crippen LogP contribution >= 0.6 is 0 Å². The average Bonchev–Trinajstić information content (AvgIpc) is 1.79. The van der Waals surface area contributed by atoms with Gasteiger partial charge in [-0.1, -0.05) is 13.8 Å². The van der Waals surface area contributed by atoms with Crippen LogP contribution in [-0.2, 0) is 4.74 Å². The van der Waals surface area contributed by atoms with Crippen LogP contribution in [0.3, 0.4) is 0 Å². The first kappa shape index (κ1) is 11.0. The molecule has 2 N–H and O–H groups in total. The van der Waals surface area contributed by atoms with E-state index < -0.39 is 11.4 Å². The fourth-order valence-corrected chi connectivity index (χ4v) is 1.96. The van der Waals surface area contributed by atoms with E-state index in [9.17, 15) is 10.2 Å². The van der Waals surface area contributed by atoms with Gasteiger partial charge in [-0.15, -0.1) is 0 Å². The molecule has 1 heterocycles. The summed E-state index contributed by atoms with van der Waals surface area (Å²) in [6.45, 7) is 6.26. The van der Waals surface area contributed by atoms with E-state index >= 15 is 0 Å². The van der Waals surface area contributed by atoms with Crippen molar-refractivity contribution in [2.24, 2.45) is 5.92 Å². The largest absolute Gasteiger partial charge is 0.390 e. The highest BCUT2D eigenvalue weighted by Crippen LogP contribution is 2.34. The molecule has 1 rings (SSSR count). The summed E-state index contributed by atoms with van der Waals surface area (Å²) < 4.78 is 5.31. The van der Waals surface area contributed by atoms with Crippen molar-refractivity contribution in [3.05, 3.63) is 0 Å². The molecule has 1 aliphatic rings. The molecule has 13 heavy (non-hydrogen) atoms. The summed E-state index contributed by atoms with van der Waals surface area (Å²) in [5.74, 6) is -0.741. The van der Waals surface area contributed by atoms with Gasteiger partial charge in [0.1, 0.15) is 0 Å². The fourth-order valence-electron chi connectivity index (χ4n) is 1.96. The fraction of sp³-hybridized carbons (Fsp3) is 1.00. The number of hydrogen-bond acceptors (Lipinski definition) is 3. The molecule has 1 fully saturated rings. The van der Waals surface area contributed by atoms with Gasteiger partial charge in [0.15, 0.2) is 5.79 Å². The van der Waals surface area contributed by atoms with Crippen molar-refractivity contribution < 1.29 is 14.9 Å². The number of ether oxygens (including phenoxy) is 1. The number of rotatable bonds is 2. The quantitative estimate of drug-likeness (QED) is 0.686. The lowest BCUT2D eigenvalue weighted by Crippen LogP contribution is -2.48. The molecule has 0 amide bonds. The third kappa shape index (κ3) is 3.25. The van der Waals surface area contributed by atoms with Crippen LogP contribution in [0.1, 0.15) is 40.0 Å². The first-order valence-corrected chi connectivity index (χ1v) is 4.92. The number of hydrogen-bond donors (Lipinski definition) is 2. The van der Waals surface area contributed by atoms with Crippen molar-refractivity contribution >= 4 is 0 Å². The molecule has 0 radical (unpaired) electrons. The molecular formula is C10H20O3. The number of aliphatic hydroxyl groups is 2. The highest BCUT2D eigenvalue weighted by molar-refractivity contribution is 4.86. The lowest BCUT2D eigenvalue weighted by molar-refractivity contribution is -0.268. The van der Waals surface area contributed by atoms with Crippen LogP contribution in [0.4, 0.5) is 0 Å². The Kier molecular flexibility index (Phi) is 3.00. The van der Waals surface area contributed by atoms with Crippen LogP contribution in [0.2, 0.25) is 0 Å². The topological polar surface area (TPSA) is 49.7 Å². The Bertz CT molecular complexity index is 177. The van der Waals surface area contributed by atoms with Crippen molar-refractivity contribution in [1.82, 2.24) is 0 Å². The van der Waals surface area contributed by atoms with E-state index in [0.717, 1.165) is 0 Å². The standard InChI is InChI=1S/C10H20O3/c1-8(2)6-10(12)7-9(3,11)4-5-13-10/h8,11-12H,4-7H2,1-3H3. The van der Waals surface area contributed by atoms with Crippen LogP contribution in [0.15, 0.2) is 0 Å². The molecule has 1 aliphatic heterocycles. The molecule has 3 nitrogen and oxygen atoms in total. The maximum Gasteiger partial charge on any atom is 0.168 e. The van der Waals surface area contributed by atoms with E-state index in [1.165, 1.54) is 0 Å². The van der Waals surface area contributed by atoms with Gasteiger partial charge in [-0.2, -0.15) is 0 Å². The van der Waals surface area contributed by atoms with Gasteiger partial charge < -0.3 is 14.9 Å². The summed E-state index contributed by atoms with van der Waals surface area (Å²) in [5, 5.41) is 19.8. The zero-order valence-corrected chi connectivity index (χ0v) is 8.71. The van der Waals surface area contributed by atoms with Gasteiger partial charge in [-0.3, -0.25) is 0 Å². The smallest absolute Gasteiger partial charge is 0.168 e. The average molecular weight is 188 g/mol. The van der Waals surface area contributed by atoms with Crippen LogP contribution in [-0.4, -0.2) is 28.2 Å². The molecule has 0 aromatic carbocycles. The van der Waals surface area contributed by atoms with Gasteiger partial charge in [0.2, 0.25) is 0 Å². The molecular weight excluding hydrogens is 168 g/mol. The Morgan fingerprint density at radius 2 is 2.00 bits per heavy atom. The van der Waals surface area contributed by atoms with Crippen molar-refractivity contribution in [3.8, 4) is 0 Å². The summed E-state index contributed by atoms with van der Waals surface area (Å²) in [6.07, 6.45) is 1.51. The molecule has 1 saturated heterocycles. The second kappa shape index (κ2) is 3.56. The minimum atomic E-state index is -1.12. The predicted molar refractivity (Wildman–Crippen MR) is 50.2 cm³/mol. The third-order valence-electron chi connectivity index (χ3n) is 2.40. The highest BCUT2D eigenvalue weighted by atomic mass is 16.6. The van der Waals surface area contributed by atoms with E-state index in [2.05, 4.69) is 0 Å². The van der Waals surface area contributed by atoms with E-state index in [1.807, 2.05) is 13.8 Å². The van der Waals surface area contributed by atoms with Crippen LogP contribution in [0.5, 0.6) is 0 Å². The minimum absolute atomic E-state index is 0.318. The van der Waals surface area contributed by atoms with Crippen LogP contribution in [0, 0.1) is 5.92 Å². The summed E-state index contributed by atoms with van der Waals surface area (Å²) in [6, 6.07) is 0. The summed E-state index contributed by atoms with van der Waals surface area (Å²) >= 11 is 0. The maximum absolute atomic E-state index is 10.00. The van der Waals surface area contributed by atoms with E-state index in [1.54, 1.807) is 6.92 Å². The van der Waals surface area contributed by atoms with Crippen molar-refractivity contribution in [2.45, 2.75) is 51.4 Å². The molecule has 0 aliphatic carbocycles. The van der Waals surface area contributed by atoms with Crippen LogP contribution < -0.4 is 0 Å². The molecule has 0 aromatic rings. The van der Waals surface area contributed by atoms with Gasteiger partial charge in [0.05, 0.1) is 12.2 Å². The Hall–Kier alpha value is -0.120. The summed E-state index contributed by atoms with van der Waals surface area (Å²) in [5.41, 5.74) is -0.776. The molecule has 78 valence electrons. The highest BCUT2D eigenvalue weighted by Gasteiger charge is 2.41. The predicted octanol–water partition coefficient (Wildman–Crippen LogP) is 1.28. The first-order valence-electron chi connectivity index (χ1n) is 4.92. The second-order valence-electron chi connectivity index (χ2n) is 4.82. The zero-order valence-electron chi connectivity index (χ0n) is 8.71. The monoisotopic (exact) mass is 188 g/mol. The van der Waals surface area contributed by atoms with Crippen molar-refractivity contribution in [2.75, 3.05) is 6.61 Å². The Morgan fingerprint density at radius 1 is 1.38 bits per heavy atom. The minimum Gasteiger partial charge on any atom is -0.390 e. The normalized spacial score (nSPS) is 41.1. The zero-order chi connectivity index (χ0) is 10.1. The maximum atomic E-state index is 10.00. The van der Waals surface area contributed by atoms with Gasteiger partial charge >= 0.3 is 0 Å². The molecule has 2 atom stereocenters. The summed E-state index contributed by atoms with van der Waals surface area (Å²) in [4.78, 5) is 0. The summed E-state index contributed by atoms with van der Waals surface area (Å²) in [7, 11) is 0. The lowest BCUT2D eigenvalue weighted by atomic mass is 9.86. The molecule has 2 unspecified atom stereocenters. The second-order valence-corrected chi connectivity index (χ2v) is 4.82. The SMILES string of the molecule is CC(C)CC1(O)CC(C)(O)CCO1. The molecule has 0 saturated carbocycles. The first-order chi connectivity index (χ1) is 5.83. The van der Waals surface area contributed by atoms with Gasteiger partial charge in [0.25, 0.3) is 0 Å².